The van der Waals surface area contributed by atoms with Crippen LogP contribution in [0.5, 0.6) is 0 Å². The van der Waals surface area contributed by atoms with Crippen LogP contribution in [0.2, 0.25) is 0 Å². The van der Waals surface area contributed by atoms with E-state index in [-0.39, 0.29) is 11.9 Å². The molecule has 2 rings (SSSR count). The Kier molecular flexibility index (Phi) is 4.75. The van der Waals surface area contributed by atoms with Crippen LogP contribution in [-0.4, -0.2) is 21.9 Å². The molecule has 5 nitrogen and oxygen atoms in total. The van der Waals surface area contributed by atoms with Crippen molar-refractivity contribution < 1.29 is 4.79 Å². The highest BCUT2D eigenvalue weighted by Gasteiger charge is 2.12. The lowest BCUT2D eigenvalue weighted by molar-refractivity contribution is 0.0937. The van der Waals surface area contributed by atoms with Gasteiger partial charge >= 0.3 is 0 Å². The van der Waals surface area contributed by atoms with Crippen molar-refractivity contribution in [3.63, 3.8) is 0 Å². The number of hydrogen-bond donors (Lipinski definition) is 2. The maximum Gasteiger partial charge on any atom is 0.270 e. The van der Waals surface area contributed by atoms with Gasteiger partial charge in [0.1, 0.15) is 17.3 Å². The molecule has 0 aliphatic heterocycles. The molecule has 1 aromatic heterocycles. The van der Waals surface area contributed by atoms with Gasteiger partial charge in [0.25, 0.3) is 5.91 Å². The Morgan fingerprint density at radius 1 is 1.09 bits per heavy atom. The van der Waals surface area contributed by atoms with E-state index >= 15 is 0 Å². The second-order valence-electron chi connectivity index (χ2n) is 5.76. The number of carbonyl (C=O) groups is 1. The van der Waals surface area contributed by atoms with Gasteiger partial charge in [-0.3, -0.25) is 4.79 Å². The molecule has 0 saturated carbocycles. The van der Waals surface area contributed by atoms with Gasteiger partial charge in [0.2, 0.25) is 0 Å². The van der Waals surface area contributed by atoms with E-state index in [0.717, 1.165) is 11.3 Å². The van der Waals surface area contributed by atoms with E-state index < -0.39 is 0 Å². The van der Waals surface area contributed by atoms with Gasteiger partial charge in [-0.25, -0.2) is 9.97 Å². The molecule has 22 heavy (non-hydrogen) atoms. The lowest BCUT2D eigenvalue weighted by atomic mass is 10.1. The molecule has 0 bridgehead atoms. The predicted molar refractivity (Wildman–Crippen MR) is 88.6 cm³/mol. The van der Waals surface area contributed by atoms with Crippen molar-refractivity contribution in [1.29, 1.82) is 0 Å². The molecule has 116 valence electrons. The molecule has 2 aromatic rings. The number of rotatable bonds is 4. The first-order valence-electron chi connectivity index (χ1n) is 7.36. The number of carbonyl (C=O) groups excluding carboxylic acids is 1. The first kappa shape index (κ1) is 15.9. The van der Waals surface area contributed by atoms with Crippen molar-refractivity contribution in [3.8, 4) is 0 Å². The van der Waals surface area contributed by atoms with Gasteiger partial charge in [-0.2, -0.15) is 0 Å². The summed E-state index contributed by atoms with van der Waals surface area (Å²) in [6.45, 7) is 9.70. The lowest BCUT2D eigenvalue weighted by Crippen LogP contribution is -2.31. The van der Waals surface area contributed by atoms with E-state index in [1.165, 1.54) is 5.56 Å². The SMILES string of the molecule is Cc1ccc(Nc2cc(C(=O)NC(C)C)nc(C)n2)c(C)c1. The summed E-state index contributed by atoms with van der Waals surface area (Å²) < 4.78 is 0. The van der Waals surface area contributed by atoms with Gasteiger partial charge in [0, 0.05) is 17.8 Å². The normalized spacial score (nSPS) is 10.6. The second kappa shape index (κ2) is 6.56. The minimum Gasteiger partial charge on any atom is -0.349 e. The van der Waals surface area contributed by atoms with Crippen LogP contribution in [0, 0.1) is 20.8 Å². The van der Waals surface area contributed by atoms with Gasteiger partial charge in [0.15, 0.2) is 0 Å². The fourth-order valence-corrected chi connectivity index (χ4v) is 2.18. The summed E-state index contributed by atoms with van der Waals surface area (Å²) in [5, 5.41) is 6.10. The zero-order chi connectivity index (χ0) is 16.3. The van der Waals surface area contributed by atoms with Crippen molar-refractivity contribution in [2.75, 3.05) is 5.32 Å². The van der Waals surface area contributed by atoms with Crippen molar-refractivity contribution >= 4 is 17.4 Å². The molecular weight excluding hydrogens is 276 g/mol. The highest BCUT2D eigenvalue weighted by atomic mass is 16.1. The first-order valence-corrected chi connectivity index (χ1v) is 7.36. The Morgan fingerprint density at radius 2 is 1.82 bits per heavy atom. The summed E-state index contributed by atoms with van der Waals surface area (Å²) in [6.07, 6.45) is 0. The van der Waals surface area contributed by atoms with Crippen molar-refractivity contribution in [1.82, 2.24) is 15.3 Å². The van der Waals surface area contributed by atoms with Crippen LogP contribution in [-0.2, 0) is 0 Å². The van der Waals surface area contributed by atoms with E-state index in [0.29, 0.717) is 17.3 Å². The number of aryl methyl sites for hydroxylation is 3. The molecule has 1 amide bonds. The number of amides is 1. The number of aromatic nitrogens is 2. The predicted octanol–water partition coefficient (Wildman–Crippen LogP) is 3.28. The average molecular weight is 298 g/mol. The van der Waals surface area contributed by atoms with Crippen molar-refractivity contribution in [2.45, 2.75) is 40.7 Å². The van der Waals surface area contributed by atoms with Crippen molar-refractivity contribution in [2.24, 2.45) is 0 Å². The molecule has 0 fully saturated rings. The van der Waals surface area contributed by atoms with Crippen molar-refractivity contribution in [3.05, 3.63) is 46.9 Å². The molecule has 0 atom stereocenters. The van der Waals surface area contributed by atoms with Crippen LogP contribution in [0.4, 0.5) is 11.5 Å². The fourth-order valence-electron chi connectivity index (χ4n) is 2.18. The van der Waals surface area contributed by atoms with Gasteiger partial charge in [0.05, 0.1) is 0 Å². The first-order chi connectivity index (χ1) is 10.3. The molecule has 0 aliphatic carbocycles. The Bertz CT molecular complexity index is 695. The highest BCUT2D eigenvalue weighted by molar-refractivity contribution is 5.93. The minimum atomic E-state index is -0.191. The lowest BCUT2D eigenvalue weighted by Gasteiger charge is -2.12. The molecule has 5 heteroatoms. The third-order valence-corrected chi connectivity index (χ3v) is 3.14. The standard InChI is InChI=1S/C17H22N4O/c1-10(2)18-17(22)15-9-16(20-13(5)19-15)21-14-7-6-11(3)8-12(14)4/h6-10H,1-5H3,(H,18,22)(H,19,20,21). The smallest absolute Gasteiger partial charge is 0.270 e. The Balaban J connectivity index is 2.28. The van der Waals surface area contributed by atoms with Crippen LogP contribution in [0.15, 0.2) is 24.3 Å². The summed E-state index contributed by atoms with van der Waals surface area (Å²) in [7, 11) is 0. The quantitative estimate of drug-likeness (QED) is 0.909. The monoisotopic (exact) mass is 298 g/mol. The van der Waals surface area contributed by atoms with Gasteiger partial charge in [-0.05, 0) is 46.2 Å². The summed E-state index contributed by atoms with van der Waals surface area (Å²) in [5.41, 5.74) is 3.68. The maximum absolute atomic E-state index is 12.1. The molecular formula is C17H22N4O. The summed E-state index contributed by atoms with van der Waals surface area (Å²) in [5.74, 6) is 0.987. The number of hydrogen-bond acceptors (Lipinski definition) is 4. The summed E-state index contributed by atoms with van der Waals surface area (Å²) in [6, 6.07) is 7.89. The molecule has 0 spiro atoms. The molecule has 0 unspecified atom stereocenters. The fraction of sp³-hybridized carbons (Fsp3) is 0.353. The second-order valence-corrected chi connectivity index (χ2v) is 5.76. The third kappa shape index (κ3) is 4.04. The maximum atomic E-state index is 12.1. The van der Waals surface area contributed by atoms with Gasteiger partial charge < -0.3 is 10.6 Å². The average Bonchev–Trinajstić information content (AvgIpc) is 2.40. The van der Waals surface area contributed by atoms with Crippen LogP contribution in [0.25, 0.3) is 0 Å². The van der Waals surface area contributed by atoms with E-state index in [9.17, 15) is 4.79 Å². The molecule has 0 radical (unpaired) electrons. The topological polar surface area (TPSA) is 66.9 Å². The van der Waals surface area contributed by atoms with Gasteiger partial charge in [-0.15, -0.1) is 0 Å². The van der Waals surface area contributed by atoms with Crippen LogP contribution in [0.1, 0.15) is 41.3 Å². The number of nitrogens with zero attached hydrogens (tertiary/aromatic N) is 2. The summed E-state index contributed by atoms with van der Waals surface area (Å²) in [4.78, 5) is 20.6. The van der Waals surface area contributed by atoms with E-state index in [2.05, 4.69) is 33.6 Å². The van der Waals surface area contributed by atoms with E-state index in [4.69, 9.17) is 0 Å². The minimum absolute atomic E-state index is 0.0681. The van der Waals surface area contributed by atoms with Gasteiger partial charge in [-0.1, -0.05) is 17.7 Å². The molecule has 1 aromatic carbocycles. The van der Waals surface area contributed by atoms with Crippen LogP contribution in [0.3, 0.4) is 0 Å². The Labute approximate surface area is 131 Å². The molecule has 0 aliphatic rings. The third-order valence-electron chi connectivity index (χ3n) is 3.14. The number of nitrogens with one attached hydrogen (secondary N) is 2. The highest BCUT2D eigenvalue weighted by Crippen LogP contribution is 2.20. The van der Waals surface area contributed by atoms with Crippen LogP contribution >= 0.6 is 0 Å². The Morgan fingerprint density at radius 3 is 2.45 bits per heavy atom. The molecule has 1 heterocycles. The largest absolute Gasteiger partial charge is 0.349 e. The van der Waals surface area contributed by atoms with E-state index in [1.54, 1.807) is 13.0 Å². The Hall–Kier alpha value is -2.43. The van der Waals surface area contributed by atoms with Crippen LogP contribution < -0.4 is 10.6 Å². The molecule has 0 saturated heterocycles. The summed E-state index contributed by atoms with van der Waals surface area (Å²) >= 11 is 0. The molecule has 2 N–H and O–H groups in total. The zero-order valence-electron chi connectivity index (χ0n) is 13.7. The number of anilines is 2. The zero-order valence-corrected chi connectivity index (χ0v) is 13.7. The van der Waals surface area contributed by atoms with E-state index in [1.807, 2.05) is 32.9 Å². The number of benzene rings is 1.